The van der Waals surface area contributed by atoms with Crippen molar-refractivity contribution < 1.29 is 9.59 Å². The van der Waals surface area contributed by atoms with E-state index in [0.29, 0.717) is 10.7 Å². The Morgan fingerprint density at radius 3 is 2.67 bits per heavy atom. The number of hydrogen-bond acceptors (Lipinski definition) is 2. The first kappa shape index (κ1) is 16.5. The number of amides is 2. The number of fused-ring (bicyclic) bond motifs is 1. The van der Waals surface area contributed by atoms with Crippen LogP contribution in [0.3, 0.4) is 0 Å². The molecule has 2 aromatic rings. The highest BCUT2D eigenvalue weighted by Gasteiger charge is 2.32. The molecule has 2 aromatic carbocycles. The van der Waals surface area contributed by atoms with Gasteiger partial charge in [0.2, 0.25) is 11.8 Å². The number of halogens is 1. The summed E-state index contributed by atoms with van der Waals surface area (Å²) >= 11 is 6.01. The Balaban J connectivity index is 1.86. The zero-order valence-corrected chi connectivity index (χ0v) is 14.5. The summed E-state index contributed by atoms with van der Waals surface area (Å²) in [4.78, 5) is 28.2. The van der Waals surface area contributed by atoms with Crippen LogP contribution in [0.25, 0.3) is 0 Å². The number of hydrogen-bond donors (Lipinski definition) is 0. The van der Waals surface area contributed by atoms with Crippen LogP contribution in [0.4, 0.5) is 11.4 Å². The number of para-hydroxylation sites is 1. The Morgan fingerprint density at radius 2 is 1.96 bits per heavy atom. The third kappa shape index (κ3) is 3.15. The van der Waals surface area contributed by atoms with Crippen LogP contribution in [0.2, 0.25) is 5.02 Å². The topological polar surface area (TPSA) is 40.6 Å². The molecule has 0 aromatic heterocycles. The van der Waals surface area contributed by atoms with Crippen LogP contribution in [0, 0.1) is 0 Å². The first-order valence-corrected chi connectivity index (χ1v) is 8.29. The van der Waals surface area contributed by atoms with E-state index in [9.17, 15) is 9.59 Å². The smallest absolute Gasteiger partial charge is 0.247 e. The van der Waals surface area contributed by atoms with Gasteiger partial charge in [-0.15, -0.1) is 0 Å². The van der Waals surface area contributed by atoms with Gasteiger partial charge in [0.1, 0.15) is 6.54 Å². The Kier molecular flexibility index (Phi) is 4.58. The van der Waals surface area contributed by atoms with Crippen molar-refractivity contribution in [3.05, 3.63) is 59.1 Å². The predicted octanol–water partition coefficient (Wildman–Crippen LogP) is 3.67. The fourth-order valence-electron chi connectivity index (χ4n) is 3.19. The maximum absolute atomic E-state index is 12.9. The van der Waals surface area contributed by atoms with Crippen LogP contribution < -0.4 is 9.80 Å². The third-order valence-corrected chi connectivity index (χ3v) is 4.50. The largest absolute Gasteiger partial charge is 0.307 e. The summed E-state index contributed by atoms with van der Waals surface area (Å²) in [6.07, 6.45) is 0.832. The molecule has 1 aliphatic rings. The van der Waals surface area contributed by atoms with E-state index in [1.807, 2.05) is 31.2 Å². The van der Waals surface area contributed by atoms with Crippen LogP contribution in [-0.2, 0) is 16.0 Å². The quantitative estimate of drug-likeness (QED) is 0.854. The molecule has 3 rings (SSSR count). The van der Waals surface area contributed by atoms with Gasteiger partial charge in [-0.1, -0.05) is 35.9 Å². The number of rotatable bonds is 3. The molecule has 0 radical (unpaired) electrons. The van der Waals surface area contributed by atoms with Crippen molar-refractivity contribution in [1.29, 1.82) is 0 Å². The minimum Gasteiger partial charge on any atom is -0.307 e. The second-order valence-electron chi connectivity index (χ2n) is 6.03. The molecular weight excluding hydrogens is 324 g/mol. The number of nitrogens with zero attached hydrogens (tertiary/aromatic N) is 2. The molecule has 0 saturated carbocycles. The molecule has 0 fully saturated rings. The molecule has 0 aliphatic carbocycles. The lowest BCUT2D eigenvalue weighted by molar-refractivity contribution is -0.121. The number of carbonyl (C=O) groups excluding carboxylic acids is 2. The third-order valence-electron chi connectivity index (χ3n) is 4.27. The normalized spacial score (nSPS) is 16.0. The molecule has 124 valence electrons. The lowest BCUT2D eigenvalue weighted by atomic mass is 10.1. The van der Waals surface area contributed by atoms with E-state index in [1.54, 1.807) is 29.2 Å². The van der Waals surface area contributed by atoms with Gasteiger partial charge in [0.25, 0.3) is 0 Å². The van der Waals surface area contributed by atoms with Crippen LogP contribution >= 0.6 is 11.6 Å². The number of anilines is 2. The van der Waals surface area contributed by atoms with Crippen LogP contribution in [0.15, 0.2) is 48.5 Å². The van der Waals surface area contributed by atoms with Crippen molar-refractivity contribution in [2.45, 2.75) is 26.3 Å². The monoisotopic (exact) mass is 342 g/mol. The molecule has 24 heavy (non-hydrogen) atoms. The van der Waals surface area contributed by atoms with E-state index in [0.717, 1.165) is 17.7 Å². The van der Waals surface area contributed by atoms with Gasteiger partial charge >= 0.3 is 0 Å². The van der Waals surface area contributed by atoms with E-state index < -0.39 is 0 Å². The molecule has 0 spiro atoms. The highest BCUT2D eigenvalue weighted by Crippen LogP contribution is 2.32. The molecule has 5 heteroatoms. The average Bonchev–Trinajstić information content (AvgIpc) is 2.88. The minimum atomic E-state index is -0.189. The van der Waals surface area contributed by atoms with Gasteiger partial charge in [-0.2, -0.15) is 0 Å². The molecular formula is C19H19ClN2O2. The summed E-state index contributed by atoms with van der Waals surface area (Å²) in [5, 5.41) is 0.533. The van der Waals surface area contributed by atoms with Gasteiger partial charge in [-0.05, 0) is 43.2 Å². The van der Waals surface area contributed by atoms with Gasteiger partial charge < -0.3 is 9.80 Å². The summed E-state index contributed by atoms with van der Waals surface area (Å²) in [7, 11) is 0. The van der Waals surface area contributed by atoms with Gasteiger partial charge in [0.05, 0.1) is 0 Å². The van der Waals surface area contributed by atoms with Crippen molar-refractivity contribution >= 4 is 34.8 Å². The molecule has 0 bridgehead atoms. The Morgan fingerprint density at radius 1 is 1.21 bits per heavy atom. The highest BCUT2D eigenvalue weighted by molar-refractivity contribution is 6.31. The van der Waals surface area contributed by atoms with Crippen molar-refractivity contribution in [1.82, 2.24) is 0 Å². The van der Waals surface area contributed by atoms with E-state index in [2.05, 4.69) is 0 Å². The second kappa shape index (κ2) is 6.65. The van der Waals surface area contributed by atoms with Crippen molar-refractivity contribution in [3.8, 4) is 0 Å². The summed E-state index contributed by atoms with van der Waals surface area (Å²) < 4.78 is 0. The van der Waals surface area contributed by atoms with Crippen LogP contribution in [0.5, 0.6) is 0 Å². The first-order chi connectivity index (χ1) is 11.5. The number of benzene rings is 2. The molecule has 2 amide bonds. The maximum Gasteiger partial charge on any atom is 0.247 e. The van der Waals surface area contributed by atoms with Crippen molar-refractivity contribution in [2.24, 2.45) is 0 Å². The second-order valence-corrected chi connectivity index (χ2v) is 6.47. The molecule has 1 atom stereocenters. The van der Waals surface area contributed by atoms with Crippen molar-refractivity contribution in [3.63, 3.8) is 0 Å². The zero-order chi connectivity index (χ0) is 17.3. The van der Waals surface area contributed by atoms with Crippen LogP contribution in [-0.4, -0.2) is 24.4 Å². The number of carbonyl (C=O) groups is 2. The van der Waals surface area contributed by atoms with Gasteiger partial charge in [0, 0.05) is 29.4 Å². The molecule has 0 N–H and O–H groups in total. The summed E-state index contributed by atoms with van der Waals surface area (Å²) in [5.41, 5.74) is 2.73. The van der Waals surface area contributed by atoms with E-state index in [1.165, 1.54) is 11.8 Å². The van der Waals surface area contributed by atoms with Gasteiger partial charge in [0.15, 0.2) is 0 Å². The molecule has 1 aliphatic heterocycles. The van der Waals surface area contributed by atoms with E-state index in [4.69, 9.17) is 11.6 Å². The Bertz CT molecular complexity index is 790. The minimum absolute atomic E-state index is 0.00561. The predicted molar refractivity (Wildman–Crippen MR) is 96.6 cm³/mol. The summed E-state index contributed by atoms with van der Waals surface area (Å²) in [6.45, 7) is 3.47. The standard InChI is InChI=1S/C19H19ClN2O2/c1-13-10-15-6-3-4-9-18(15)22(13)19(24)12-21(14(2)23)17-8-5-7-16(20)11-17/h3-9,11,13H,10,12H2,1-2H3. The molecule has 1 unspecified atom stereocenters. The fraction of sp³-hybridized carbons (Fsp3) is 0.263. The van der Waals surface area contributed by atoms with E-state index >= 15 is 0 Å². The average molecular weight is 343 g/mol. The lowest BCUT2D eigenvalue weighted by Crippen LogP contribution is -2.44. The molecule has 4 nitrogen and oxygen atoms in total. The summed E-state index contributed by atoms with van der Waals surface area (Å²) in [5.74, 6) is -0.284. The Hall–Kier alpha value is -2.33. The van der Waals surface area contributed by atoms with Gasteiger partial charge in [-0.25, -0.2) is 0 Å². The molecule has 0 saturated heterocycles. The highest BCUT2D eigenvalue weighted by atomic mass is 35.5. The summed E-state index contributed by atoms with van der Waals surface area (Å²) in [6, 6.07) is 15.0. The van der Waals surface area contributed by atoms with Crippen LogP contribution in [0.1, 0.15) is 19.4 Å². The fourth-order valence-corrected chi connectivity index (χ4v) is 3.37. The van der Waals surface area contributed by atoms with Gasteiger partial charge in [-0.3, -0.25) is 9.59 Å². The maximum atomic E-state index is 12.9. The SMILES string of the molecule is CC(=O)N(CC(=O)N1c2ccccc2CC1C)c1cccc(Cl)c1. The molecule has 1 heterocycles. The zero-order valence-electron chi connectivity index (χ0n) is 13.7. The van der Waals surface area contributed by atoms with E-state index in [-0.39, 0.29) is 24.4 Å². The lowest BCUT2D eigenvalue weighted by Gasteiger charge is -2.27. The first-order valence-electron chi connectivity index (χ1n) is 7.91. The van der Waals surface area contributed by atoms with Crippen molar-refractivity contribution in [2.75, 3.05) is 16.3 Å². The Labute approximate surface area is 146 Å².